The SMILES string of the molecule is CC(=O)OC[C@H]1O[C@@H](O[C@@H]2[C@@H](N=[N+]=[N-])[C@@H](Cl)O[C@H](COC(=O)c3ccccc3)[C@@H]2OC(C)=O)[C@H](OC(C)=O)[C@@H](OC(C)=O)[C@H]1OC(C)=O. The molecule has 0 aromatic heterocycles. The molecule has 0 amide bonds. The van der Waals surface area contributed by atoms with Crippen molar-refractivity contribution in [2.24, 2.45) is 5.11 Å². The van der Waals surface area contributed by atoms with Crippen molar-refractivity contribution in [3.8, 4) is 0 Å². The number of azide groups is 1. The lowest BCUT2D eigenvalue weighted by Gasteiger charge is -2.48. The summed E-state index contributed by atoms with van der Waals surface area (Å²) < 4.78 is 50.1. The molecule has 2 fully saturated rings. The van der Waals surface area contributed by atoms with Crippen molar-refractivity contribution >= 4 is 47.4 Å². The second kappa shape index (κ2) is 17.6. The number of benzene rings is 1. The highest BCUT2D eigenvalue weighted by molar-refractivity contribution is 6.20. The number of carbonyl (C=O) groups is 6. The molecule has 262 valence electrons. The highest BCUT2D eigenvalue weighted by atomic mass is 35.5. The van der Waals surface area contributed by atoms with E-state index in [9.17, 15) is 34.3 Å². The van der Waals surface area contributed by atoms with Gasteiger partial charge in [-0.1, -0.05) is 34.9 Å². The number of alkyl halides is 1. The van der Waals surface area contributed by atoms with Gasteiger partial charge in [-0.15, -0.1) is 0 Å². The van der Waals surface area contributed by atoms with Gasteiger partial charge in [-0.2, -0.15) is 0 Å². The molecule has 2 heterocycles. The Balaban J connectivity index is 2.06. The average molecular weight is 700 g/mol. The summed E-state index contributed by atoms with van der Waals surface area (Å²) in [5, 5.41) is 3.64. The lowest BCUT2D eigenvalue weighted by molar-refractivity contribution is -0.332. The zero-order valence-corrected chi connectivity index (χ0v) is 27.2. The van der Waals surface area contributed by atoms with Crippen molar-refractivity contribution in [1.82, 2.24) is 0 Å². The molecule has 19 heteroatoms. The van der Waals surface area contributed by atoms with Crippen molar-refractivity contribution in [3.63, 3.8) is 0 Å². The van der Waals surface area contributed by atoms with Gasteiger partial charge in [0.1, 0.15) is 43.1 Å². The highest BCUT2D eigenvalue weighted by Crippen LogP contribution is 2.36. The molecule has 1 aromatic rings. The molecule has 0 unspecified atom stereocenters. The van der Waals surface area contributed by atoms with Crippen LogP contribution in [0.2, 0.25) is 0 Å². The lowest BCUT2D eigenvalue weighted by Crippen LogP contribution is -2.66. The molecule has 2 saturated heterocycles. The summed E-state index contributed by atoms with van der Waals surface area (Å²) in [6, 6.07) is 6.48. The molecule has 3 rings (SSSR count). The molecule has 48 heavy (non-hydrogen) atoms. The third kappa shape index (κ3) is 10.5. The van der Waals surface area contributed by atoms with Crippen LogP contribution in [0.15, 0.2) is 35.4 Å². The van der Waals surface area contributed by atoms with Gasteiger partial charge in [0.15, 0.2) is 30.7 Å². The fourth-order valence-electron chi connectivity index (χ4n) is 4.95. The van der Waals surface area contributed by atoms with E-state index < -0.39 is 110 Å². The quantitative estimate of drug-likeness (QED) is 0.0756. The van der Waals surface area contributed by atoms with Gasteiger partial charge in [0.05, 0.1) is 5.56 Å². The van der Waals surface area contributed by atoms with Crippen LogP contribution in [0.4, 0.5) is 0 Å². The molecule has 0 spiro atoms. The van der Waals surface area contributed by atoms with Crippen molar-refractivity contribution in [1.29, 1.82) is 0 Å². The standard InChI is InChI=1S/C29H34ClN3O15/c1-13(34)40-11-20-23(43-15(3)36)25(44-16(4)37)26(45-17(5)38)29(47-20)48-24-21(32-33-31)27(30)46-19(22(24)42-14(2)35)12-41-28(39)18-9-7-6-8-10-18/h6-10,19-27,29H,11-12H2,1-5H3/t19-,20-,21-,22+,23+,24-,25+,26-,27+,29+/m1/s1. The van der Waals surface area contributed by atoms with Crippen LogP contribution in [0.3, 0.4) is 0 Å². The monoisotopic (exact) mass is 699 g/mol. The summed E-state index contributed by atoms with van der Waals surface area (Å²) in [5.74, 6) is -5.00. The van der Waals surface area contributed by atoms with E-state index >= 15 is 0 Å². The Morgan fingerprint density at radius 1 is 0.708 bits per heavy atom. The summed E-state index contributed by atoms with van der Waals surface area (Å²) >= 11 is 6.46. The number of ether oxygens (including phenoxy) is 9. The molecular weight excluding hydrogens is 666 g/mol. The summed E-state index contributed by atoms with van der Waals surface area (Å²) in [6.07, 6.45) is -12.3. The number of carbonyl (C=O) groups excluding carboxylic acids is 6. The van der Waals surface area contributed by atoms with Crippen LogP contribution in [0.1, 0.15) is 45.0 Å². The topological polar surface area (TPSA) is 234 Å². The van der Waals surface area contributed by atoms with Crippen LogP contribution in [-0.4, -0.2) is 110 Å². The van der Waals surface area contributed by atoms with Crippen molar-refractivity contribution in [2.45, 2.75) is 95.2 Å². The van der Waals surface area contributed by atoms with Gasteiger partial charge in [0.2, 0.25) is 0 Å². The van der Waals surface area contributed by atoms with E-state index in [0.717, 1.165) is 34.6 Å². The van der Waals surface area contributed by atoms with E-state index in [1.807, 2.05) is 0 Å². The Morgan fingerprint density at radius 2 is 1.21 bits per heavy atom. The van der Waals surface area contributed by atoms with Crippen LogP contribution in [0.5, 0.6) is 0 Å². The smallest absolute Gasteiger partial charge is 0.338 e. The van der Waals surface area contributed by atoms with Crippen LogP contribution in [-0.2, 0) is 66.6 Å². The summed E-state index contributed by atoms with van der Waals surface area (Å²) in [4.78, 5) is 76.0. The van der Waals surface area contributed by atoms with Gasteiger partial charge in [-0.05, 0) is 17.7 Å². The van der Waals surface area contributed by atoms with Gasteiger partial charge < -0.3 is 42.6 Å². The van der Waals surface area contributed by atoms with E-state index in [-0.39, 0.29) is 5.56 Å². The van der Waals surface area contributed by atoms with Crippen molar-refractivity contribution in [3.05, 3.63) is 46.3 Å². The van der Waals surface area contributed by atoms with E-state index in [1.54, 1.807) is 18.2 Å². The van der Waals surface area contributed by atoms with Crippen LogP contribution >= 0.6 is 11.6 Å². The molecule has 2 aliphatic rings. The zero-order valence-electron chi connectivity index (χ0n) is 26.4. The van der Waals surface area contributed by atoms with E-state index in [0.29, 0.717) is 0 Å². The average Bonchev–Trinajstić information content (AvgIpc) is 3.00. The molecule has 2 aliphatic heterocycles. The second-order valence-electron chi connectivity index (χ2n) is 10.4. The maximum Gasteiger partial charge on any atom is 0.338 e. The van der Waals surface area contributed by atoms with Crippen LogP contribution in [0.25, 0.3) is 10.4 Å². The molecule has 0 bridgehead atoms. The first kappa shape index (κ1) is 38.0. The normalized spacial score (nSPS) is 29.6. The molecular formula is C29H34ClN3O15. The van der Waals surface area contributed by atoms with E-state index in [2.05, 4.69) is 10.0 Å². The number of esters is 6. The fraction of sp³-hybridized carbons (Fsp3) is 0.586. The molecule has 0 saturated carbocycles. The van der Waals surface area contributed by atoms with Gasteiger partial charge >= 0.3 is 35.8 Å². The summed E-state index contributed by atoms with van der Waals surface area (Å²) in [7, 11) is 0. The van der Waals surface area contributed by atoms with Gasteiger partial charge in [0, 0.05) is 39.5 Å². The van der Waals surface area contributed by atoms with E-state index in [1.165, 1.54) is 12.1 Å². The third-order valence-corrected chi connectivity index (χ3v) is 7.08. The van der Waals surface area contributed by atoms with Crippen LogP contribution < -0.4 is 0 Å². The Kier molecular flexibility index (Phi) is 13.9. The van der Waals surface area contributed by atoms with Crippen molar-refractivity contribution < 1.29 is 71.4 Å². The molecule has 0 N–H and O–H groups in total. The second-order valence-corrected chi connectivity index (χ2v) is 10.9. The number of hydrogen-bond acceptors (Lipinski definition) is 16. The molecule has 1 aromatic carbocycles. The number of rotatable bonds is 12. The van der Waals surface area contributed by atoms with Crippen molar-refractivity contribution in [2.75, 3.05) is 13.2 Å². The largest absolute Gasteiger partial charge is 0.463 e. The minimum absolute atomic E-state index is 0.206. The van der Waals surface area contributed by atoms with Gasteiger partial charge in [-0.3, -0.25) is 24.0 Å². The molecule has 18 nitrogen and oxygen atoms in total. The Labute approximate surface area is 278 Å². The predicted molar refractivity (Wildman–Crippen MR) is 157 cm³/mol. The predicted octanol–water partition coefficient (Wildman–Crippen LogP) is 1.89. The zero-order chi connectivity index (χ0) is 35.5. The molecule has 0 aliphatic carbocycles. The maximum absolute atomic E-state index is 12.7. The Morgan fingerprint density at radius 3 is 1.75 bits per heavy atom. The van der Waals surface area contributed by atoms with E-state index in [4.69, 9.17) is 54.2 Å². The maximum atomic E-state index is 12.7. The number of nitrogens with zero attached hydrogens (tertiary/aromatic N) is 3. The van der Waals surface area contributed by atoms with Crippen LogP contribution in [0, 0.1) is 0 Å². The van der Waals surface area contributed by atoms with Gasteiger partial charge in [-0.25, -0.2) is 4.79 Å². The Hall–Kier alpha value is -4.48. The fourth-order valence-corrected chi connectivity index (χ4v) is 5.28. The highest BCUT2D eigenvalue weighted by Gasteiger charge is 2.56. The summed E-state index contributed by atoms with van der Waals surface area (Å²) in [5.41, 5.74) is 8.08. The first-order valence-corrected chi connectivity index (χ1v) is 14.8. The lowest BCUT2D eigenvalue weighted by atomic mass is 9.95. The first-order chi connectivity index (χ1) is 22.7. The number of halogens is 1. The third-order valence-electron chi connectivity index (χ3n) is 6.71. The molecule has 10 atom stereocenters. The summed E-state index contributed by atoms with van der Waals surface area (Å²) in [6.45, 7) is 4.19. The minimum atomic E-state index is -1.78. The van der Waals surface area contributed by atoms with Gasteiger partial charge in [0.25, 0.3) is 0 Å². The first-order valence-electron chi connectivity index (χ1n) is 14.4. The molecule has 0 radical (unpaired) electrons. The Bertz CT molecular complexity index is 1390. The number of hydrogen-bond donors (Lipinski definition) is 0. The minimum Gasteiger partial charge on any atom is -0.463 e.